The Labute approximate surface area is 272 Å². The van der Waals surface area contributed by atoms with Gasteiger partial charge in [0.15, 0.2) is 11.6 Å². The summed E-state index contributed by atoms with van der Waals surface area (Å²) in [5.41, 5.74) is 6.47. The van der Waals surface area contributed by atoms with Crippen LogP contribution in [0.25, 0.3) is 0 Å². The molecule has 244 valence electrons. The van der Waals surface area contributed by atoms with Crippen LogP contribution in [0, 0.1) is 57.2 Å². The molecule has 0 N–H and O–H groups in total. The van der Waals surface area contributed by atoms with Crippen molar-refractivity contribution in [3.8, 4) is 0 Å². The van der Waals surface area contributed by atoms with E-state index in [1.807, 2.05) is 0 Å². The van der Waals surface area contributed by atoms with Crippen LogP contribution in [0.4, 0.5) is 0 Å². The Hall–Kier alpha value is -1.74. The first-order valence-corrected chi connectivity index (χ1v) is 18.9. The van der Waals surface area contributed by atoms with E-state index in [9.17, 15) is 9.59 Å². The fourth-order valence-electron chi connectivity index (χ4n) is 14.0. The molecule has 0 aliphatic heterocycles. The summed E-state index contributed by atoms with van der Waals surface area (Å²) in [6.45, 7) is 13.5. The highest BCUT2D eigenvalue weighted by atomic mass is 16.5. The average molecular weight is 611 g/mol. The summed E-state index contributed by atoms with van der Waals surface area (Å²) in [7, 11) is 0. The first kappa shape index (κ1) is 30.6. The molecule has 3 nitrogen and oxygen atoms in total. The van der Waals surface area contributed by atoms with Gasteiger partial charge in [-0.2, -0.15) is 0 Å². The third-order valence-electron chi connectivity index (χ3n) is 16.4. The zero-order chi connectivity index (χ0) is 31.5. The SMILES string of the molecule is CC(=O)C1=CC[C@H]2[C@@H]3CC=C4C[C@@H](O[C@H]5CC[C@@]6(C)C(=CC[C@@H]7[C@@H]6CC[C@]6(C)C(C(C)=O)=CC[C@@H]76)C5)CC[C@]4(C)[C@H]3CC[C@]12C. The van der Waals surface area contributed by atoms with Gasteiger partial charge in [-0.25, -0.2) is 0 Å². The maximum Gasteiger partial charge on any atom is 0.156 e. The molecular formula is C42H58O3. The van der Waals surface area contributed by atoms with Crippen LogP contribution in [0.3, 0.4) is 0 Å². The van der Waals surface area contributed by atoms with Gasteiger partial charge in [-0.05, 0) is 172 Å². The highest BCUT2D eigenvalue weighted by Gasteiger charge is 2.59. The van der Waals surface area contributed by atoms with Crippen LogP contribution in [0.1, 0.15) is 131 Å². The van der Waals surface area contributed by atoms with Crippen molar-refractivity contribution in [2.75, 3.05) is 0 Å². The van der Waals surface area contributed by atoms with Crippen LogP contribution in [0.2, 0.25) is 0 Å². The topological polar surface area (TPSA) is 43.4 Å². The van der Waals surface area contributed by atoms with Gasteiger partial charge in [-0.3, -0.25) is 9.59 Å². The maximum absolute atomic E-state index is 12.5. The van der Waals surface area contributed by atoms with Crippen LogP contribution in [-0.4, -0.2) is 23.8 Å². The number of allylic oxidation sites excluding steroid dienone is 6. The second-order valence-electron chi connectivity index (χ2n) is 18.1. The minimum Gasteiger partial charge on any atom is -0.374 e. The quantitative estimate of drug-likeness (QED) is 0.298. The lowest BCUT2D eigenvalue weighted by Gasteiger charge is -2.58. The van der Waals surface area contributed by atoms with Gasteiger partial charge in [-0.15, -0.1) is 0 Å². The number of Topliss-reactive ketones (excluding diaryl/α,β-unsaturated/α-hetero) is 2. The molecular weight excluding hydrogens is 552 g/mol. The summed E-state index contributed by atoms with van der Waals surface area (Å²) in [6, 6.07) is 0. The number of hydrogen-bond acceptors (Lipinski definition) is 3. The van der Waals surface area contributed by atoms with Crippen molar-refractivity contribution in [3.63, 3.8) is 0 Å². The Balaban J connectivity index is 0.931. The number of carbonyl (C=O) groups excluding carboxylic acids is 2. The minimum atomic E-state index is 0.0983. The van der Waals surface area contributed by atoms with E-state index in [1.54, 1.807) is 25.0 Å². The van der Waals surface area contributed by atoms with E-state index in [-0.39, 0.29) is 10.8 Å². The van der Waals surface area contributed by atoms with E-state index in [1.165, 1.54) is 64.2 Å². The number of carbonyl (C=O) groups is 2. The summed E-state index contributed by atoms with van der Waals surface area (Å²) in [5.74, 6) is 4.82. The molecule has 4 fully saturated rings. The maximum atomic E-state index is 12.5. The molecule has 0 aromatic carbocycles. The molecule has 4 saturated carbocycles. The number of ketones is 2. The number of fused-ring (bicyclic) bond motifs is 10. The molecule has 0 saturated heterocycles. The molecule has 45 heavy (non-hydrogen) atoms. The highest BCUT2D eigenvalue weighted by molar-refractivity contribution is 5.95. The second-order valence-corrected chi connectivity index (χ2v) is 18.1. The Morgan fingerprint density at radius 1 is 0.556 bits per heavy atom. The smallest absolute Gasteiger partial charge is 0.156 e. The number of hydrogen-bond donors (Lipinski definition) is 0. The summed E-state index contributed by atoms with van der Waals surface area (Å²) in [6.07, 6.45) is 27.3. The summed E-state index contributed by atoms with van der Waals surface area (Å²) in [4.78, 5) is 25.0. The Bertz CT molecular complexity index is 1320. The minimum absolute atomic E-state index is 0.0983. The molecule has 0 spiro atoms. The standard InChI is InChI=1S/C42H58O3/c1-25(43)33-11-13-35-31-9-7-27-23-29(15-19-39(27,3)37(31)17-21-41(33,35)5)45-30-16-20-40(4)28(24-30)8-10-32-36-14-12-34(26(2)44)42(36,6)22-18-38(32)40/h7-8,11-12,29-32,35-38H,9-10,13-24H2,1-6H3/t29-,30-,31-,32-,35-,36-,37-,38-,39-,40-,41+,42+/m0/s1. The Morgan fingerprint density at radius 3 is 1.36 bits per heavy atom. The van der Waals surface area contributed by atoms with E-state index in [4.69, 9.17) is 4.74 Å². The molecule has 0 aromatic rings. The number of ether oxygens (including phenoxy) is 1. The predicted molar refractivity (Wildman–Crippen MR) is 180 cm³/mol. The van der Waals surface area contributed by atoms with Crippen molar-refractivity contribution in [3.05, 3.63) is 46.6 Å². The average Bonchev–Trinajstić information content (AvgIpc) is 3.54. The van der Waals surface area contributed by atoms with Gasteiger partial charge >= 0.3 is 0 Å². The Kier molecular flexibility index (Phi) is 7.05. The summed E-state index contributed by atoms with van der Waals surface area (Å²) >= 11 is 0. The van der Waals surface area contributed by atoms with E-state index < -0.39 is 0 Å². The van der Waals surface area contributed by atoms with Crippen LogP contribution in [0.5, 0.6) is 0 Å². The van der Waals surface area contributed by atoms with Gasteiger partial charge in [-0.1, -0.05) is 63.1 Å². The van der Waals surface area contributed by atoms with Gasteiger partial charge in [0.05, 0.1) is 12.2 Å². The van der Waals surface area contributed by atoms with Gasteiger partial charge in [0.25, 0.3) is 0 Å². The summed E-state index contributed by atoms with van der Waals surface area (Å²) in [5, 5.41) is 0. The van der Waals surface area contributed by atoms with Gasteiger partial charge in [0.2, 0.25) is 0 Å². The number of rotatable bonds is 4. The molecule has 8 aliphatic carbocycles. The molecule has 3 heteroatoms. The largest absolute Gasteiger partial charge is 0.374 e. The van der Waals surface area contributed by atoms with Crippen LogP contribution in [0.15, 0.2) is 46.6 Å². The fourth-order valence-corrected chi connectivity index (χ4v) is 14.0. The third kappa shape index (κ3) is 4.30. The van der Waals surface area contributed by atoms with Crippen molar-refractivity contribution in [2.24, 2.45) is 57.2 Å². The molecule has 0 radical (unpaired) electrons. The molecule has 0 heterocycles. The molecule has 0 unspecified atom stereocenters. The lowest BCUT2D eigenvalue weighted by molar-refractivity contribution is -0.116. The molecule has 0 bridgehead atoms. The Morgan fingerprint density at radius 2 is 0.956 bits per heavy atom. The summed E-state index contributed by atoms with van der Waals surface area (Å²) < 4.78 is 7.07. The zero-order valence-electron chi connectivity index (χ0n) is 29.1. The third-order valence-corrected chi connectivity index (χ3v) is 16.4. The van der Waals surface area contributed by atoms with E-state index in [2.05, 4.69) is 52.0 Å². The first-order chi connectivity index (χ1) is 21.4. The van der Waals surface area contributed by atoms with E-state index >= 15 is 0 Å². The molecule has 12 atom stereocenters. The van der Waals surface area contributed by atoms with Crippen LogP contribution >= 0.6 is 0 Å². The normalized spacial score (nSPS) is 49.9. The van der Waals surface area contributed by atoms with Gasteiger partial charge in [0, 0.05) is 0 Å². The van der Waals surface area contributed by atoms with Crippen molar-refractivity contribution >= 4 is 11.6 Å². The van der Waals surface area contributed by atoms with Gasteiger partial charge in [0.1, 0.15) is 0 Å². The lowest BCUT2D eigenvalue weighted by Crippen LogP contribution is -2.51. The van der Waals surface area contributed by atoms with E-state index in [0.717, 1.165) is 48.7 Å². The van der Waals surface area contributed by atoms with E-state index in [0.29, 0.717) is 58.3 Å². The van der Waals surface area contributed by atoms with Crippen LogP contribution < -0.4 is 0 Å². The molecule has 8 aliphatic rings. The highest BCUT2D eigenvalue weighted by Crippen LogP contribution is 2.67. The molecule has 8 rings (SSSR count). The molecule has 0 aromatic heterocycles. The van der Waals surface area contributed by atoms with Crippen molar-refractivity contribution in [2.45, 2.75) is 144 Å². The second kappa shape index (κ2) is 10.4. The van der Waals surface area contributed by atoms with Crippen molar-refractivity contribution < 1.29 is 14.3 Å². The fraction of sp³-hybridized carbons (Fsp3) is 0.762. The monoisotopic (exact) mass is 610 g/mol. The van der Waals surface area contributed by atoms with Gasteiger partial charge < -0.3 is 4.74 Å². The molecule has 0 amide bonds. The first-order valence-electron chi connectivity index (χ1n) is 18.9. The predicted octanol–water partition coefficient (Wildman–Crippen LogP) is 9.92. The lowest BCUT2D eigenvalue weighted by atomic mass is 9.47. The van der Waals surface area contributed by atoms with Crippen molar-refractivity contribution in [1.29, 1.82) is 0 Å². The van der Waals surface area contributed by atoms with Crippen molar-refractivity contribution in [1.82, 2.24) is 0 Å². The zero-order valence-corrected chi connectivity index (χ0v) is 29.1. The van der Waals surface area contributed by atoms with Crippen LogP contribution in [-0.2, 0) is 14.3 Å².